The first kappa shape index (κ1) is 11.7. The molecule has 1 rings (SSSR count). The zero-order valence-corrected chi connectivity index (χ0v) is 9.08. The van der Waals surface area contributed by atoms with Crippen molar-refractivity contribution in [1.29, 1.82) is 0 Å². The number of nitrogens with two attached hydrogens (primary N) is 1. The first-order chi connectivity index (χ1) is 7.01. The van der Waals surface area contributed by atoms with Gasteiger partial charge in [0.05, 0.1) is 5.75 Å². The molecule has 0 saturated carbocycles. The lowest BCUT2D eigenvalue weighted by atomic mass is 10.5. The van der Waals surface area contributed by atoms with E-state index in [1.54, 1.807) is 19.3 Å². The summed E-state index contributed by atoms with van der Waals surface area (Å²) < 4.78 is 21.3. The molecule has 0 unspecified atom stereocenters. The number of nitrogens with zero attached hydrogens (tertiary/aromatic N) is 2. The largest absolute Gasteiger partial charge is 0.369 e. The Bertz CT molecular complexity index is 419. The van der Waals surface area contributed by atoms with Crippen LogP contribution in [-0.2, 0) is 10.0 Å². The fourth-order valence-corrected chi connectivity index (χ4v) is 1.29. The molecule has 0 aliphatic carbocycles. The summed E-state index contributed by atoms with van der Waals surface area (Å²) in [6.07, 6.45) is 1.57. The molecule has 8 heteroatoms. The topological polar surface area (TPSA) is 110 Å². The third kappa shape index (κ3) is 4.56. The summed E-state index contributed by atoms with van der Waals surface area (Å²) in [5, 5.41) is 10.4. The van der Waals surface area contributed by atoms with Crippen molar-refractivity contribution >= 4 is 21.8 Å². The van der Waals surface area contributed by atoms with Gasteiger partial charge in [-0.05, 0) is 6.07 Å². The van der Waals surface area contributed by atoms with Crippen molar-refractivity contribution in [2.75, 3.05) is 30.0 Å². The molecule has 0 amide bonds. The van der Waals surface area contributed by atoms with E-state index in [2.05, 4.69) is 20.6 Å². The second-order valence-corrected chi connectivity index (χ2v) is 4.54. The van der Waals surface area contributed by atoms with E-state index in [0.29, 0.717) is 11.8 Å². The number of anilines is 2. The summed E-state index contributed by atoms with van der Waals surface area (Å²) in [5.41, 5.74) is 0. The zero-order valence-electron chi connectivity index (χ0n) is 8.27. The van der Waals surface area contributed by atoms with Crippen LogP contribution in [0.4, 0.5) is 11.8 Å². The van der Waals surface area contributed by atoms with Gasteiger partial charge in [0.25, 0.3) is 0 Å². The summed E-state index contributed by atoms with van der Waals surface area (Å²) in [6.45, 7) is 0.221. The molecule has 0 fully saturated rings. The minimum atomic E-state index is -3.43. The van der Waals surface area contributed by atoms with Crippen LogP contribution >= 0.6 is 0 Å². The molecule has 0 aliphatic rings. The number of sulfonamides is 1. The number of primary sulfonamides is 1. The van der Waals surface area contributed by atoms with Gasteiger partial charge in [0.2, 0.25) is 16.0 Å². The smallest absolute Gasteiger partial charge is 0.224 e. The fraction of sp³-hybridized carbons (Fsp3) is 0.429. The lowest BCUT2D eigenvalue weighted by molar-refractivity contribution is 0.598. The fourth-order valence-electron chi connectivity index (χ4n) is 0.899. The third-order valence-corrected chi connectivity index (χ3v) is 2.35. The Balaban J connectivity index is 2.51. The van der Waals surface area contributed by atoms with Crippen molar-refractivity contribution in [1.82, 2.24) is 9.97 Å². The molecule has 0 aromatic carbocycles. The molecule has 84 valence electrons. The van der Waals surface area contributed by atoms with Gasteiger partial charge in [-0.2, -0.15) is 4.98 Å². The highest BCUT2D eigenvalue weighted by Gasteiger charge is 2.02. The summed E-state index contributed by atoms with van der Waals surface area (Å²) >= 11 is 0. The minimum Gasteiger partial charge on any atom is -0.369 e. The Kier molecular flexibility index (Phi) is 3.81. The van der Waals surface area contributed by atoms with Crippen molar-refractivity contribution in [3.63, 3.8) is 0 Å². The highest BCUT2D eigenvalue weighted by atomic mass is 32.2. The van der Waals surface area contributed by atoms with E-state index in [-0.39, 0.29) is 12.3 Å². The van der Waals surface area contributed by atoms with E-state index in [4.69, 9.17) is 5.14 Å². The van der Waals surface area contributed by atoms with Crippen LogP contribution in [-0.4, -0.2) is 37.7 Å². The minimum absolute atomic E-state index is 0.133. The van der Waals surface area contributed by atoms with Crippen molar-refractivity contribution in [3.8, 4) is 0 Å². The second kappa shape index (κ2) is 4.89. The Labute approximate surface area is 88.2 Å². The molecule has 0 atom stereocenters. The van der Waals surface area contributed by atoms with E-state index in [1.807, 2.05) is 0 Å². The monoisotopic (exact) mass is 231 g/mol. The van der Waals surface area contributed by atoms with Crippen molar-refractivity contribution < 1.29 is 8.42 Å². The summed E-state index contributed by atoms with van der Waals surface area (Å²) in [7, 11) is -1.73. The molecule has 0 bridgehead atoms. The Hall–Kier alpha value is -1.41. The van der Waals surface area contributed by atoms with E-state index >= 15 is 0 Å². The maximum atomic E-state index is 10.6. The zero-order chi connectivity index (χ0) is 11.3. The van der Waals surface area contributed by atoms with Crippen LogP contribution in [0.1, 0.15) is 0 Å². The maximum Gasteiger partial charge on any atom is 0.224 e. The molecule has 7 nitrogen and oxygen atoms in total. The predicted molar refractivity (Wildman–Crippen MR) is 58.0 cm³/mol. The second-order valence-electron chi connectivity index (χ2n) is 2.81. The van der Waals surface area contributed by atoms with Gasteiger partial charge in [0.15, 0.2) is 0 Å². The third-order valence-electron chi connectivity index (χ3n) is 1.57. The van der Waals surface area contributed by atoms with E-state index < -0.39 is 10.0 Å². The SMILES string of the molecule is CNc1nccc(NCCS(N)(=O)=O)n1. The predicted octanol–water partition coefficient (Wildman–Crippen LogP) is -0.781. The number of aromatic nitrogens is 2. The van der Waals surface area contributed by atoms with Crippen LogP contribution in [0.15, 0.2) is 12.3 Å². The van der Waals surface area contributed by atoms with Crippen molar-refractivity contribution in [2.45, 2.75) is 0 Å². The summed E-state index contributed by atoms with van der Waals surface area (Å²) in [5.74, 6) is 0.889. The lowest BCUT2D eigenvalue weighted by Crippen LogP contribution is -2.22. The quantitative estimate of drug-likeness (QED) is 0.613. The van der Waals surface area contributed by atoms with Gasteiger partial charge in [-0.25, -0.2) is 18.5 Å². The summed E-state index contributed by atoms with van der Waals surface area (Å²) in [4.78, 5) is 7.95. The number of nitrogens with one attached hydrogen (secondary N) is 2. The van der Waals surface area contributed by atoms with E-state index in [0.717, 1.165) is 0 Å². The molecule has 0 aliphatic heterocycles. The maximum absolute atomic E-state index is 10.6. The van der Waals surface area contributed by atoms with Gasteiger partial charge in [-0.3, -0.25) is 0 Å². The first-order valence-electron chi connectivity index (χ1n) is 4.26. The van der Waals surface area contributed by atoms with Crippen LogP contribution in [0.5, 0.6) is 0 Å². The molecular formula is C7H13N5O2S. The van der Waals surface area contributed by atoms with Crippen LogP contribution in [0.25, 0.3) is 0 Å². The molecule has 0 radical (unpaired) electrons. The lowest BCUT2D eigenvalue weighted by Gasteiger charge is -2.05. The van der Waals surface area contributed by atoms with Gasteiger partial charge >= 0.3 is 0 Å². The van der Waals surface area contributed by atoms with Crippen molar-refractivity contribution in [3.05, 3.63) is 12.3 Å². The highest BCUT2D eigenvalue weighted by molar-refractivity contribution is 7.89. The number of hydrogen-bond acceptors (Lipinski definition) is 6. The van der Waals surface area contributed by atoms with E-state index in [9.17, 15) is 8.42 Å². The standard InChI is InChI=1S/C7H13N5O2S/c1-9-7-11-3-2-6(12-7)10-4-5-15(8,13)14/h2-3H,4-5H2,1H3,(H2,8,13,14)(H2,9,10,11,12). The molecule has 0 spiro atoms. The van der Waals surface area contributed by atoms with Gasteiger partial charge in [-0.1, -0.05) is 0 Å². The van der Waals surface area contributed by atoms with Crippen LogP contribution in [0, 0.1) is 0 Å². The Morgan fingerprint density at radius 1 is 1.53 bits per heavy atom. The molecule has 1 aromatic rings. The van der Waals surface area contributed by atoms with Gasteiger partial charge in [0.1, 0.15) is 5.82 Å². The molecular weight excluding hydrogens is 218 g/mol. The van der Waals surface area contributed by atoms with Crippen LogP contribution < -0.4 is 15.8 Å². The molecule has 0 saturated heterocycles. The normalized spacial score (nSPS) is 11.1. The van der Waals surface area contributed by atoms with Crippen LogP contribution in [0.3, 0.4) is 0 Å². The van der Waals surface area contributed by atoms with Crippen LogP contribution in [0.2, 0.25) is 0 Å². The number of hydrogen-bond donors (Lipinski definition) is 3. The average molecular weight is 231 g/mol. The molecule has 4 N–H and O–H groups in total. The summed E-state index contributed by atoms with van der Waals surface area (Å²) in [6, 6.07) is 1.64. The Morgan fingerprint density at radius 3 is 2.87 bits per heavy atom. The van der Waals surface area contributed by atoms with Gasteiger partial charge in [0, 0.05) is 19.8 Å². The first-order valence-corrected chi connectivity index (χ1v) is 5.98. The van der Waals surface area contributed by atoms with Crippen molar-refractivity contribution in [2.24, 2.45) is 5.14 Å². The molecule has 1 aromatic heterocycles. The van der Waals surface area contributed by atoms with Gasteiger partial charge < -0.3 is 10.6 Å². The van der Waals surface area contributed by atoms with Gasteiger partial charge in [-0.15, -0.1) is 0 Å². The van der Waals surface area contributed by atoms with E-state index in [1.165, 1.54) is 0 Å². The average Bonchev–Trinajstić information content (AvgIpc) is 2.16. The molecule has 15 heavy (non-hydrogen) atoms. The Morgan fingerprint density at radius 2 is 2.27 bits per heavy atom. The number of rotatable bonds is 5. The molecule has 1 heterocycles. The highest BCUT2D eigenvalue weighted by Crippen LogP contribution is 2.03.